The number of benzene rings is 2. The number of hydrogen-bond donors (Lipinski definition) is 3. The minimum absolute atomic E-state index is 0.00820. The number of nitrogens with zero attached hydrogens (tertiary/aromatic N) is 6. The Labute approximate surface area is 320 Å². The van der Waals surface area contributed by atoms with Gasteiger partial charge in [-0.2, -0.15) is 0 Å². The summed E-state index contributed by atoms with van der Waals surface area (Å²) in [6.07, 6.45) is 9.99. The van der Waals surface area contributed by atoms with E-state index < -0.39 is 5.41 Å². The smallest absolute Gasteiger partial charge is 0.226 e. The largest absolute Gasteiger partial charge is 0.523 e. The molecule has 4 aromatic rings. The maximum atomic E-state index is 12.4. The van der Waals surface area contributed by atoms with Crippen molar-refractivity contribution in [3.63, 3.8) is 0 Å². The molecule has 0 spiro atoms. The van der Waals surface area contributed by atoms with Crippen molar-refractivity contribution in [2.75, 3.05) is 7.05 Å². The number of fused-ring (bicyclic) bond motifs is 6. The standard InChI is InChI=1S/C21H21N3O.C21H19N3O.CH5NO.CH4/c2*1-13-16-10-9-15-12-23-20(14-7-5-4-6-8-14)24-19(15)21(16,2)11-17(22-3)18(13)25;1-2-3;/h4-8,12-13,16,25H,9-11H2,1-2H3;4-8,11-13,16H,9-10H2,1-2H3;2-3H,1H3;1H4/t2*13-,16-,21-;;/m00../s1/i;;;1T. The molecule has 0 aliphatic heterocycles. The van der Waals surface area contributed by atoms with Crippen LogP contribution in [-0.2, 0) is 28.5 Å². The van der Waals surface area contributed by atoms with Gasteiger partial charge in [-0.15, -0.1) is 0 Å². The van der Waals surface area contributed by atoms with Gasteiger partial charge in [0.25, 0.3) is 0 Å². The normalized spacial score (nSPS) is 26.3. The number of aliphatic hydroxyl groups is 1. The van der Waals surface area contributed by atoms with Crippen molar-refractivity contribution in [1.29, 1.82) is 0 Å². The molecule has 2 aromatic heterocycles. The fraction of sp³-hybridized carbons (Fsp3) is 0.386. The Bertz CT molecular complexity index is 2160. The van der Waals surface area contributed by atoms with Gasteiger partial charge in [-0.1, -0.05) is 102 Å². The van der Waals surface area contributed by atoms with Crippen molar-refractivity contribution < 1.29 is 16.5 Å². The highest BCUT2D eigenvalue weighted by Gasteiger charge is 2.50. The van der Waals surface area contributed by atoms with Crippen LogP contribution in [0, 0.1) is 36.8 Å². The van der Waals surface area contributed by atoms with E-state index in [1.54, 1.807) is 5.48 Å². The average molecular weight is 726 g/mol. The first-order chi connectivity index (χ1) is 26.5. The average Bonchev–Trinajstić information content (AvgIpc) is 3.22. The molecule has 10 nitrogen and oxygen atoms in total. The summed E-state index contributed by atoms with van der Waals surface area (Å²) in [5.74, 6) is 1.99. The number of hydroxylamine groups is 1. The van der Waals surface area contributed by atoms with Crippen LogP contribution in [0.15, 0.2) is 96.3 Å². The molecule has 4 aliphatic carbocycles. The summed E-state index contributed by atoms with van der Waals surface area (Å²) < 4.78 is 5.75. The Hall–Kier alpha value is -5.55. The molecule has 2 aromatic carbocycles. The maximum Gasteiger partial charge on any atom is 0.226 e. The molecule has 6 atom stereocenters. The number of Topliss-reactive ketones (excluding diaryl/α,β-unsaturated/α-hetero) is 1. The van der Waals surface area contributed by atoms with Crippen LogP contribution in [0.3, 0.4) is 0 Å². The van der Waals surface area contributed by atoms with Crippen molar-refractivity contribution in [1.82, 2.24) is 25.4 Å². The summed E-state index contributed by atoms with van der Waals surface area (Å²) in [6.45, 7) is 23.1. The molecule has 4 aliphatic rings. The topological polar surface area (TPSA) is 130 Å². The summed E-state index contributed by atoms with van der Waals surface area (Å²) in [6, 6.07) is 19.9. The molecule has 10 heteroatoms. The molecule has 0 saturated carbocycles. The van der Waals surface area contributed by atoms with Gasteiger partial charge in [-0.05, 0) is 55.1 Å². The Balaban J connectivity index is 0.000000189. The lowest BCUT2D eigenvalue weighted by molar-refractivity contribution is -0.121. The van der Waals surface area contributed by atoms with Gasteiger partial charge >= 0.3 is 0 Å². The third-order valence-electron chi connectivity index (χ3n) is 11.7. The zero-order valence-electron chi connectivity index (χ0n) is 32.8. The Morgan fingerprint density at radius 3 is 1.85 bits per heavy atom. The second-order valence-electron chi connectivity index (χ2n) is 14.8. The number of nitrogens with one attached hydrogen (secondary N) is 1. The lowest BCUT2D eigenvalue weighted by Gasteiger charge is -2.47. The zero-order valence-corrected chi connectivity index (χ0v) is 31.8. The number of hydrogen-bond acceptors (Lipinski definition) is 8. The lowest BCUT2D eigenvalue weighted by Crippen LogP contribution is -2.45. The number of carbonyl (C=O) groups excluding carboxylic acids is 1. The number of rotatable bonds is 2. The summed E-state index contributed by atoms with van der Waals surface area (Å²) in [5.41, 5.74) is 8.17. The minimum atomic E-state index is -0.396. The SMILES string of the molecule is CNO.[3H]C.[C-]#[N+]C1=C(O)[C@@H](C)[C@@H]2CCc3cnc(-c4ccccc4)nc3[C@@]2(C)C1.[C-]#[N+]C1=C[C@]2(C)c3nc(-c4ccccc4)ncc3CC[C@H]2[C@H](C)C1=O. The van der Waals surface area contributed by atoms with Gasteiger partial charge in [0.15, 0.2) is 17.4 Å². The van der Waals surface area contributed by atoms with Crippen LogP contribution >= 0.6 is 0 Å². The van der Waals surface area contributed by atoms with E-state index in [0.29, 0.717) is 23.9 Å². The first kappa shape index (κ1) is 38.2. The predicted molar refractivity (Wildman–Crippen MR) is 210 cm³/mol. The number of carbonyl (C=O) groups is 1. The van der Waals surface area contributed by atoms with Gasteiger partial charge in [0.05, 0.1) is 30.3 Å². The Morgan fingerprint density at radius 1 is 0.833 bits per heavy atom. The number of aryl methyl sites for hydroxylation is 2. The first-order valence-corrected chi connectivity index (χ1v) is 18.1. The zero-order chi connectivity index (χ0) is 39.9. The molecule has 8 rings (SSSR count). The second-order valence-corrected chi connectivity index (χ2v) is 14.8. The van der Waals surface area contributed by atoms with Gasteiger partial charge < -0.3 is 15.1 Å². The first-order valence-electron chi connectivity index (χ1n) is 19.1. The van der Waals surface area contributed by atoms with Crippen LogP contribution in [0.25, 0.3) is 32.5 Å². The van der Waals surface area contributed by atoms with Crippen LogP contribution in [0.2, 0.25) is 0 Å². The van der Waals surface area contributed by atoms with Crippen LogP contribution in [0.1, 0.15) is 78.2 Å². The molecule has 0 amide bonds. The molecule has 0 radical (unpaired) electrons. The number of aromatic nitrogens is 4. The highest BCUT2D eigenvalue weighted by molar-refractivity contribution is 6.00. The molecule has 278 valence electrons. The van der Waals surface area contributed by atoms with Crippen LogP contribution in [-0.4, -0.2) is 43.1 Å². The Morgan fingerprint density at radius 2 is 1.33 bits per heavy atom. The van der Waals surface area contributed by atoms with Crippen LogP contribution < -0.4 is 5.48 Å². The number of allylic oxidation sites excluding steroid dienone is 4. The molecular formula is C44H49N7O3. The fourth-order valence-electron chi connectivity index (χ4n) is 8.99. The summed E-state index contributed by atoms with van der Waals surface area (Å²) in [5, 5.41) is 17.7. The van der Waals surface area contributed by atoms with E-state index in [9.17, 15) is 9.90 Å². The third kappa shape index (κ3) is 7.08. The predicted octanol–water partition coefficient (Wildman–Crippen LogP) is 8.91. The van der Waals surface area contributed by atoms with Gasteiger partial charge in [-0.25, -0.2) is 35.1 Å². The molecule has 2 heterocycles. The number of ketones is 1. The molecule has 3 N–H and O–H groups in total. The third-order valence-corrected chi connectivity index (χ3v) is 11.7. The van der Waals surface area contributed by atoms with E-state index in [2.05, 4.69) is 33.5 Å². The molecule has 0 unspecified atom stereocenters. The van der Waals surface area contributed by atoms with E-state index in [1.807, 2.05) is 93.0 Å². The summed E-state index contributed by atoms with van der Waals surface area (Å²) >= 11 is 0. The monoisotopic (exact) mass is 725 g/mol. The summed E-state index contributed by atoms with van der Waals surface area (Å²) in [7, 11) is 2.68. The molecule has 0 fully saturated rings. The molecule has 54 heavy (non-hydrogen) atoms. The molecule has 0 bridgehead atoms. The number of aliphatic hydroxyl groups excluding tert-OH is 1. The molecular weight excluding hydrogens is 675 g/mol. The van der Waals surface area contributed by atoms with Gasteiger partial charge in [0.2, 0.25) is 11.4 Å². The highest BCUT2D eigenvalue weighted by Crippen LogP contribution is 2.53. The van der Waals surface area contributed by atoms with Gasteiger partial charge in [-0.3, -0.25) is 0 Å². The second kappa shape index (κ2) is 16.2. The van der Waals surface area contributed by atoms with Crippen molar-refractivity contribution >= 4 is 5.78 Å². The maximum absolute atomic E-state index is 12.4. The van der Waals surface area contributed by atoms with Crippen LogP contribution in [0.5, 0.6) is 0 Å². The highest BCUT2D eigenvalue weighted by atomic mass is 16.5. The van der Waals surface area contributed by atoms with E-state index in [1.165, 1.54) is 20.0 Å². The van der Waals surface area contributed by atoms with E-state index in [-0.39, 0.29) is 40.4 Å². The summed E-state index contributed by atoms with van der Waals surface area (Å²) in [4.78, 5) is 38.5. The van der Waals surface area contributed by atoms with Crippen molar-refractivity contribution in [3.05, 3.63) is 142 Å². The quantitative estimate of drug-likeness (QED) is 0.138. The van der Waals surface area contributed by atoms with Gasteiger partial charge in [0.1, 0.15) is 0 Å². The lowest BCUT2D eigenvalue weighted by atomic mass is 9.57. The van der Waals surface area contributed by atoms with Crippen molar-refractivity contribution in [2.45, 2.75) is 78.0 Å². The molecule has 0 saturated heterocycles. The van der Waals surface area contributed by atoms with Crippen molar-refractivity contribution in [3.8, 4) is 22.8 Å². The fourth-order valence-corrected chi connectivity index (χ4v) is 8.99. The van der Waals surface area contributed by atoms with E-state index in [4.69, 9.17) is 29.7 Å². The van der Waals surface area contributed by atoms with Crippen LogP contribution in [0.4, 0.5) is 0 Å². The van der Waals surface area contributed by atoms with Gasteiger partial charge in [0, 0.05) is 54.6 Å². The van der Waals surface area contributed by atoms with Crippen molar-refractivity contribution in [2.24, 2.45) is 23.7 Å². The van der Waals surface area contributed by atoms with E-state index in [0.717, 1.165) is 59.6 Å². The Kier molecular flexibility index (Phi) is 11.5. The van der Waals surface area contributed by atoms with E-state index >= 15 is 0 Å². The minimum Gasteiger partial charge on any atom is -0.523 e.